The summed E-state index contributed by atoms with van der Waals surface area (Å²) in [5, 5.41) is 2.63. The highest BCUT2D eigenvalue weighted by Crippen LogP contribution is 2.25. The van der Waals surface area contributed by atoms with Gasteiger partial charge in [-0.15, -0.1) is 0 Å². The van der Waals surface area contributed by atoms with Crippen LogP contribution in [0.15, 0.2) is 12.1 Å². The molecule has 0 radical (unpaired) electrons. The van der Waals surface area contributed by atoms with Gasteiger partial charge in [-0.05, 0) is 12.1 Å². The number of nitrogen functional groups attached to an aromatic ring is 1. The van der Waals surface area contributed by atoms with Crippen LogP contribution in [-0.4, -0.2) is 31.4 Å². The maximum Gasteiger partial charge on any atom is 0.250 e. The van der Waals surface area contributed by atoms with E-state index in [9.17, 15) is 14.0 Å². The van der Waals surface area contributed by atoms with E-state index < -0.39 is 11.7 Å². The number of nitrogens with two attached hydrogens (primary N) is 2. The Morgan fingerprint density at radius 3 is 2.78 bits per heavy atom. The van der Waals surface area contributed by atoms with E-state index >= 15 is 0 Å². The molecule has 96 valence electrons. The molecule has 7 heteroatoms. The predicted molar refractivity (Wildman–Crippen MR) is 64.6 cm³/mol. The third-order valence-corrected chi connectivity index (χ3v) is 2.76. The van der Waals surface area contributed by atoms with Crippen LogP contribution in [0.4, 0.5) is 15.8 Å². The lowest BCUT2D eigenvalue weighted by Crippen LogP contribution is -2.48. The second-order valence-corrected chi connectivity index (χ2v) is 4.03. The van der Waals surface area contributed by atoms with Crippen LogP contribution in [-0.2, 0) is 4.79 Å². The summed E-state index contributed by atoms with van der Waals surface area (Å²) in [7, 11) is 0. The molecule has 1 aliphatic rings. The molecule has 2 amide bonds. The van der Waals surface area contributed by atoms with Crippen LogP contribution in [0.1, 0.15) is 10.4 Å². The van der Waals surface area contributed by atoms with Crippen molar-refractivity contribution in [2.24, 2.45) is 5.73 Å². The molecular formula is C11H13FN4O2. The van der Waals surface area contributed by atoms with Crippen molar-refractivity contribution in [3.8, 4) is 0 Å². The first-order valence-corrected chi connectivity index (χ1v) is 5.39. The number of piperazine rings is 1. The molecule has 1 aromatic rings. The van der Waals surface area contributed by atoms with Crippen molar-refractivity contribution in [2.75, 3.05) is 30.3 Å². The van der Waals surface area contributed by atoms with Crippen molar-refractivity contribution in [2.45, 2.75) is 0 Å². The number of hydrogen-bond acceptors (Lipinski definition) is 4. The van der Waals surface area contributed by atoms with E-state index in [2.05, 4.69) is 5.32 Å². The Balaban J connectivity index is 2.40. The molecule has 1 fully saturated rings. The van der Waals surface area contributed by atoms with Crippen molar-refractivity contribution < 1.29 is 14.0 Å². The van der Waals surface area contributed by atoms with Crippen LogP contribution in [0.5, 0.6) is 0 Å². The number of nitrogens with zero attached hydrogens (tertiary/aromatic N) is 1. The smallest absolute Gasteiger partial charge is 0.250 e. The van der Waals surface area contributed by atoms with Crippen molar-refractivity contribution in [3.05, 3.63) is 23.5 Å². The summed E-state index contributed by atoms with van der Waals surface area (Å²) in [5.74, 6) is -1.50. The molecule has 18 heavy (non-hydrogen) atoms. The van der Waals surface area contributed by atoms with E-state index in [1.807, 2.05) is 0 Å². The van der Waals surface area contributed by atoms with Crippen LogP contribution in [0.2, 0.25) is 0 Å². The molecule has 0 unspecified atom stereocenters. The number of primary amides is 1. The first-order chi connectivity index (χ1) is 8.49. The molecule has 2 rings (SSSR count). The molecule has 0 saturated carbocycles. The third kappa shape index (κ3) is 2.20. The number of rotatable bonds is 2. The van der Waals surface area contributed by atoms with Crippen molar-refractivity contribution >= 4 is 23.2 Å². The van der Waals surface area contributed by atoms with Crippen LogP contribution >= 0.6 is 0 Å². The van der Waals surface area contributed by atoms with Crippen LogP contribution in [0.3, 0.4) is 0 Å². The van der Waals surface area contributed by atoms with Gasteiger partial charge in [-0.25, -0.2) is 4.39 Å². The maximum atomic E-state index is 13.8. The van der Waals surface area contributed by atoms with Gasteiger partial charge in [-0.2, -0.15) is 0 Å². The Kier molecular flexibility index (Phi) is 3.05. The lowest BCUT2D eigenvalue weighted by Gasteiger charge is -2.29. The summed E-state index contributed by atoms with van der Waals surface area (Å²) in [6.07, 6.45) is 0. The Morgan fingerprint density at radius 1 is 1.44 bits per heavy atom. The van der Waals surface area contributed by atoms with Crippen molar-refractivity contribution in [1.29, 1.82) is 0 Å². The lowest BCUT2D eigenvalue weighted by atomic mass is 10.1. The molecular weight excluding hydrogens is 239 g/mol. The standard InChI is InChI=1S/C11H13FN4O2/c12-7-4-8(13)6(11(14)18)3-9(7)16-2-1-15-10(17)5-16/h3-4H,1-2,5,13H2,(H2,14,18)(H,15,17). The highest BCUT2D eigenvalue weighted by Gasteiger charge is 2.21. The van der Waals surface area contributed by atoms with E-state index in [0.29, 0.717) is 13.1 Å². The van der Waals surface area contributed by atoms with Gasteiger partial charge in [-0.3, -0.25) is 9.59 Å². The van der Waals surface area contributed by atoms with E-state index in [0.717, 1.165) is 6.07 Å². The molecule has 0 spiro atoms. The minimum atomic E-state index is -0.727. The summed E-state index contributed by atoms with van der Waals surface area (Å²) < 4.78 is 13.8. The number of benzene rings is 1. The number of amides is 2. The van der Waals surface area contributed by atoms with Gasteiger partial charge >= 0.3 is 0 Å². The van der Waals surface area contributed by atoms with Crippen molar-refractivity contribution in [3.63, 3.8) is 0 Å². The molecule has 1 heterocycles. The summed E-state index contributed by atoms with van der Waals surface area (Å²) >= 11 is 0. The average molecular weight is 252 g/mol. The molecule has 1 saturated heterocycles. The van der Waals surface area contributed by atoms with Gasteiger partial charge < -0.3 is 21.7 Å². The summed E-state index contributed by atoms with van der Waals surface area (Å²) in [4.78, 5) is 23.9. The normalized spacial score (nSPS) is 15.4. The fourth-order valence-corrected chi connectivity index (χ4v) is 1.88. The molecule has 0 aromatic heterocycles. The van der Waals surface area contributed by atoms with Gasteiger partial charge in [0.1, 0.15) is 5.82 Å². The average Bonchev–Trinajstić information content (AvgIpc) is 2.28. The van der Waals surface area contributed by atoms with Gasteiger partial charge in [0.2, 0.25) is 5.91 Å². The minimum absolute atomic E-state index is 0.00906. The molecule has 0 aliphatic carbocycles. The van der Waals surface area contributed by atoms with E-state index in [1.54, 1.807) is 4.90 Å². The minimum Gasteiger partial charge on any atom is -0.398 e. The Labute approximate surface area is 103 Å². The van der Waals surface area contributed by atoms with Gasteiger partial charge in [0.05, 0.1) is 17.8 Å². The van der Waals surface area contributed by atoms with Gasteiger partial charge in [-0.1, -0.05) is 0 Å². The zero-order valence-corrected chi connectivity index (χ0v) is 9.57. The third-order valence-electron chi connectivity index (χ3n) is 2.76. The monoisotopic (exact) mass is 252 g/mol. The first-order valence-electron chi connectivity index (χ1n) is 5.39. The number of halogens is 1. The Hall–Kier alpha value is -2.31. The first kappa shape index (κ1) is 12.2. The number of nitrogens with one attached hydrogen (secondary N) is 1. The van der Waals surface area contributed by atoms with E-state index in [4.69, 9.17) is 11.5 Å². The molecule has 1 aliphatic heterocycles. The number of carbonyl (C=O) groups is 2. The Morgan fingerprint density at radius 2 is 2.17 bits per heavy atom. The highest BCUT2D eigenvalue weighted by atomic mass is 19.1. The van der Waals surface area contributed by atoms with Crippen LogP contribution in [0, 0.1) is 5.82 Å². The van der Waals surface area contributed by atoms with Crippen LogP contribution < -0.4 is 21.7 Å². The van der Waals surface area contributed by atoms with Gasteiger partial charge in [0.15, 0.2) is 0 Å². The van der Waals surface area contributed by atoms with Gasteiger partial charge in [0.25, 0.3) is 5.91 Å². The highest BCUT2D eigenvalue weighted by molar-refractivity contribution is 5.99. The quantitative estimate of drug-likeness (QED) is 0.614. The number of anilines is 2. The second-order valence-electron chi connectivity index (χ2n) is 4.03. The predicted octanol–water partition coefficient (Wildman–Crippen LogP) is -0.557. The number of carbonyl (C=O) groups excluding carboxylic acids is 2. The Bertz CT molecular complexity index is 518. The van der Waals surface area contributed by atoms with Crippen LogP contribution in [0.25, 0.3) is 0 Å². The molecule has 0 atom stereocenters. The van der Waals surface area contributed by atoms with E-state index in [1.165, 1.54) is 6.07 Å². The van der Waals surface area contributed by atoms with Gasteiger partial charge in [0, 0.05) is 18.8 Å². The fourth-order valence-electron chi connectivity index (χ4n) is 1.88. The summed E-state index contributed by atoms with van der Waals surface area (Å²) in [5.41, 5.74) is 10.9. The maximum absolute atomic E-state index is 13.8. The van der Waals surface area contributed by atoms with Crippen molar-refractivity contribution in [1.82, 2.24) is 5.32 Å². The zero-order valence-electron chi connectivity index (χ0n) is 9.57. The molecule has 1 aromatic carbocycles. The lowest BCUT2D eigenvalue weighted by molar-refractivity contribution is -0.120. The summed E-state index contributed by atoms with van der Waals surface area (Å²) in [6.45, 7) is 0.929. The fraction of sp³-hybridized carbons (Fsp3) is 0.273. The second kappa shape index (κ2) is 4.52. The van der Waals surface area contributed by atoms with E-state index in [-0.39, 0.29) is 29.4 Å². The number of hydrogen-bond donors (Lipinski definition) is 3. The zero-order chi connectivity index (χ0) is 13.3. The SMILES string of the molecule is NC(=O)c1cc(N2CCNC(=O)C2)c(F)cc1N. The topological polar surface area (TPSA) is 101 Å². The molecule has 6 nitrogen and oxygen atoms in total. The summed E-state index contributed by atoms with van der Waals surface area (Å²) in [6, 6.07) is 2.33. The molecule has 0 bridgehead atoms. The largest absolute Gasteiger partial charge is 0.398 e. The molecule has 5 N–H and O–H groups in total.